The number of benzene rings is 1. The third-order valence-electron chi connectivity index (χ3n) is 9.97. The number of fused-ring (bicyclic) bond motifs is 2. The molecule has 2 fully saturated rings. The first-order valence-electron chi connectivity index (χ1n) is 14.2. The average Bonchev–Trinajstić information content (AvgIpc) is 3.17. The van der Waals surface area contributed by atoms with Crippen molar-refractivity contribution in [3.05, 3.63) is 47.0 Å². The van der Waals surface area contributed by atoms with Crippen LogP contribution < -0.4 is 0 Å². The number of hydrogen-bond donors (Lipinski definition) is 5. The molecule has 0 spiro atoms. The number of carbonyl (C=O) groups excluding carboxylic acids is 3. The number of alkyl halides is 1. The number of esters is 3. The monoisotopic (exact) mass is 624 g/mol. The highest BCUT2D eigenvalue weighted by molar-refractivity contribution is 6.18. The number of aliphatic hydroxyl groups excluding tert-OH is 3. The number of halogens is 1. The Balaban J connectivity index is 2.14. The van der Waals surface area contributed by atoms with Gasteiger partial charge in [0.1, 0.15) is 30.0 Å². The van der Waals surface area contributed by atoms with Crippen molar-refractivity contribution in [3.8, 4) is 0 Å². The highest BCUT2D eigenvalue weighted by Gasteiger charge is 2.76. The molecule has 238 valence electrons. The molecule has 5 N–H and O–H groups in total. The van der Waals surface area contributed by atoms with Gasteiger partial charge in [-0.1, -0.05) is 25.1 Å². The Labute approximate surface area is 255 Å². The van der Waals surface area contributed by atoms with Gasteiger partial charge in [0.15, 0.2) is 0 Å². The van der Waals surface area contributed by atoms with Crippen molar-refractivity contribution < 1.29 is 54.1 Å². The van der Waals surface area contributed by atoms with Gasteiger partial charge in [0.2, 0.25) is 0 Å². The minimum Gasteiger partial charge on any atom is -0.462 e. The summed E-state index contributed by atoms with van der Waals surface area (Å²) in [5.41, 5.74) is -7.30. The summed E-state index contributed by atoms with van der Waals surface area (Å²) in [6, 6.07) is 7.93. The van der Waals surface area contributed by atoms with Crippen LogP contribution in [0, 0.1) is 16.7 Å². The van der Waals surface area contributed by atoms with Crippen LogP contribution in [0.3, 0.4) is 0 Å². The van der Waals surface area contributed by atoms with Gasteiger partial charge in [0, 0.05) is 26.2 Å². The quantitative estimate of drug-likeness (QED) is 0.134. The van der Waals surface area contributed by atoms with E-state index in [1.165, 1.54) is 32.9 Å². The van der Waals surface area contributed by atoms with Gasteiger partial charge in [-0.2, -0.15) is 0 Å². The molecular formula is C31H41ClO11. The molecule has 0 unspecified atom stereocenters. The van der Waals surface area contributed by atoms with E-state index in [0.717, 1.165) is 13.8 Å². The molecule has 11 nitrogen and oxygen atoms in total. The summed E-state index contributed by atoms with van der Waals surface area (Å²) >= 11 is 6.40. The largest absolute Gasteiger partial charge is 0.462 e. The molecule has 0 bridgehead atoms. The minimum atomic E-state index is -2.29. The summed E-state index contributed by atoms with van der Waals surface area (Å²) in [5, 5.41) is 59.1. The van der Waals surface area contributed by atoms with E-state index in [1.54, 1.807) is 25.1 Å². The van der Waals surface area contributed by atoms with Gasteiger partial charge in [0.05, 0.1) is 40.1 Å². The van der Waals surface area contributed by atoms with Crippen LogP contribution in [0.15, 0.2) is 41.5 Å². The maximum absolute atomic E-state index is 13.6. The maximum atomic E-state index is 13.6. The smallest absolute Gasteiger partial charge is 0.338 e. The zero-order chi connectivity index (χ0) is 32.3. The van der Waals surface area contributed by atoms with Crippen LogP contribution in [0.25, 0.3) is 0 Å². The average molecular weight is 625 g/mol. The van der Waals surface area contributed by atoms with Crippen molar-refractivity contribution in [3.63, 3.8) is 0 Å². The molecule has 0 aliphatic heterocycles. The van der Waals surface area contributed by atoms with Crippen LogP contribution >= 0.6 is 11.6 Å². The van der Waals surface area contributed by atoms with Gasteiger partial charge in [-0.05, 0) is 50.5 Å². The molecule has 10 atom stereocenters. The lowest BCUT2D eigenvalue weighted by Crippen LogP contribution is -2.73. The van der Waals surface area contributed by atoms with Crippen LogP contribution in [0.5, 0.6) is 0 Å². The Bertz CT molecular complexity index is 1290. The molecule has 2 saturated carbocycles. The van der Waals surface area contributed by atoms with E-state index in [1.807, 2.05) is 0 Å². The zero-order valence-corrected chi connectivity index (χ0v) is 25.9. The van der Waals surface area contributed by atoms with Gasteiger partial charge >= 0.3 is 17.9 Å². The number of ether oxygens (including phenoxy) is 3. The summed E-state index contributed by atoms with van der Waals surface area (Å²) in [7, 11) is 0. The van der Waals surface area contributed by atoms with Crippen LogP contribution in [0.4, 0.5) is 0 Å². The SMILES string of the molecule is CC(=O)O[C@H]1C[C@H](O)[C@](O)(CCl)[C@H]2[C@H](OC(C)=O)[C@]3(C(C)(C)O)C[C@H](O)C(C)=C3[C@@H](O)[C@H](OC(=O)c3ccccc3)[C@]12C. The molecule has 1 aromatic rings. The molecule has 0 radical (unpaired) electrons. The second-order valence-electron chi connectivity index (χ2n) is 12.8. The first-order valence-corrected chi connectivity index (χ1v) is 14.8. The van der Waals surface area contributed by atoms with Crippen LogP contribution in [0.1, 0.15) is 64.7 Å². The summed E-state index contributed by atoms with van der Waals surface area (Å²) in [6.45, 7) is 8.14. The van der Waals surface area contributed by atoms with E-state index < -0.39 is 88.4 Å². The summed E-state index contributed by atoms with van der Waals surface area (Å²) < 4.78 is 17.8. The van der Waals surface area contributed by atoms with E-state index >= 15 is 0 Å². The standard InChI is InChI=1S/C31H41ClO11/c1-15-19(35)13-30(28(4,5)39)22(15)23(37)25(43-27(38)18-10-8-7-9-11-18)29(6)21(41-16(2)33)12-20(36)31(40,14-32)24(29)26(30)42-17(3)34/h7-11,19-21,23-26,35-37,39-40H,12-14H2,1-6H3/t19-,20-,21-,23+,24-,25-,26-,29+,30-,31+/m0/s1. The predicted octanol–water partition coefficient (Wildman–Crippen LogP) is 1.65. The molecule has 0 amide bonds. The van der Waals surface area contributed by atoms with Gasteiger partial charge in [-0.3, -0.25) is 9.59 Å². The molecule has 0 aromatic heterocycles. The number of aliphatic hydroxyl groups is 5. The highest BCUT2D eigenvalue weighted by atomic mass is 35.5. The first kappa shape index (κ1) is 33.4. The van der Waals surface area contributed by atoms with Gasteiger partial charge < -0.3 is 39.7 Å². The summed E-state index contributed by atoms with van der Waals surface area (Å²) in [4.78, 5) is 38.8. The Hall–Kier alpha value is -2.54. The van der Waals surface area contributed by atoms with Crippen molar-refractivity contribution in [1.82, 2.24) is 0 Å². The predicted molar refractivity (Wildman–Crippen MR) is 153 cm³/mol. The van der Waals surface area contributed by atoms with Gasteiger partial charge in [-0.25, -0.2) is 4.79 Å². The number of carbonyl (C=O) groups is 3. The Kier molecular flexibility index (Phi) is 8.87. The lowest BCUT2D eigenvalue weighted by Gasteiger charge is -2.60. The van der Waals surface area contributed by atoms with E-state index in [9.17, 15) is 39.9 Å². The molecule has 43 heavy (non-hydrogen) atoms. The third kappa shape index (κ3) is 5.07. The Morgan fingerprint density at radius 2 is 1.58 bits per heavy atom. The number of rotatable bonds is 6. The van der Waals surface area contributed by atoms with Crippen molar-refractivity contribution in [1.29, 1.82) is 0 Å². The fourth-order valence-corrected chi connectivity index (χ4v) is 8.31. The molecule has 0 heterocycles. The van der Waals surface area contributed by atoms with Crippen LogP contribution in [0.2, 0.25) is 0 Å². The molecule has 12 heteroatoms. The lowest BCUT2D eigenvalue weighted by atomic mass is 9.51. The zero-order valence-electron chi connectivity index (χ0n) is 25.1. The van der Waals surface area contributed by atoms with Crippen molar-refractivity contribution in [2.24, 2.45) is 16.7 Å². The topological polar surface area (TPSA) is 180 Å². The summed E-state index contributed by atoms with van der Waals surface area (Å²) in [5.74, 6) is -4.59. The van der Waals surface area contributed by atoms with Crippen molar-refractivity contribution in [2.45, 2.75) is 102 Å². The number of hydrogen-bond acceptors (Lipinski definition) is 11. The second kappa shape index (κ2) is 11.4. The molecule has 3 aliphatic rings. The highest BCUT2D eigenvalue weighted by Crippen LogP contribution is 2.66. The van der Waals surface area contributed by atoms with Crippen LogP contribution in [-0.2, 0) is 23.8 Å². The maximum Gasteiger partial charge on any atom is 0.338 e. The fraction of sp³-hybridized carbons (Fsp3) is 0.645. The Morgan fingerprint density at radius 3 is 2.09 bits per heavy atom. The fourth-order valence-electron chi connectivity index (χ4n) is 7.97. The van der Waals surface area contributed by atoms with Crippen LogP contribution in [-0.4, -0.2) is 97.1 Å². The molecular weight excluding hydrogens is 584 g/mol. The van der Waals surface area contributed by atoms with E-state index in [0.29, 0.717) is 0 Å². The Morgan fingerprint density at radius 1 is 1.00 bits per heavy atom. The van der Waals surface area contributed by atoms with Gasteiger partial charge in [0.25, 0.3) is 0 Å². The molecule has 0 saturated heterocycles. The van der Waals surface area contributed by atoms with Crippen molar-refractivity contribution >= 4 is 29.5 Å². The van der Waals surface area contributed by atoms with E-state index in [2.05, 4.69) is 0 Å². The van der Waals surface area contributed by atoms with E-state index in [4.69, 9.17) is 25.8 Å². The molecule has 3 aliphatic carbocycles. The first-order chi connectivity index (χ1) is 19.9. The normalized spacial score (nSPS) is 39.3. The molecule has 1 aromatic carbocycles. The van der Waals surface area contributed by atoms with Gasteiger partial charge in [-0.15, -0.1) is 11.6 Å². The van der Waals surface area contributed by atoms with E-state index in [-0.39, 0.29) is 29.6 Å². The second-order valence-corrected chi connectivity index (χ2v) is 13.1. The van der Waals surface area contributed by atoms with Crippen molar-refractivity contribution in [2.75, 3.05) is 5.88 Å². The minimum absolute atomic E-state index is 0.0493. The summed E-state index contributed by atoms with van der Waals surface area (Å²) in [6.07, 6.45) is -9.79. The third-order valence-corrected chi connectivity index (χ3v) is 10.4. The lowest BCUT2D eigenvalue weighted by molar-refractivity contribution is -0.276. The molecule has 4 rings (SSSR count).